The summed E-state index contributed by atoms with van der Waals surface area (Å²) in [5, 5.41) is 0. The number of benzene rings is 1. The topological polar surface area (TPSA) is 29.3 Å². The molecule has 3 heteroatoms. The highest BCUT2D eigenvalue weighted by Gasteiger charge is 2.17. The summed E-state index contributed by atoms with van der Waals surface area (Å²) in [6.07, 6.45) is 2.25. The van der Waals surface area contributed by atoms with Crippen molar-refractivity contribution in [1.29, 1.82) is 0 Å². The van der Waals surface area contributed by atoms with Gasteiger partial charge in [-0.1, -0.05) is 15.9 Å². The zero-order valence-corrected chi connectivity index (χ0v) is 9.92. The van der Waals surface area contributed by atoms with Gasteiger partial charge < -0.3 is 10.6 Å². The van der Waals surface area contributed by atoms with E-state index in [4.69, 9.17) is 5.73 Å². The third-order valence-corrected chi connectivity index (χ3v) is 3.30. The Labute approximate surface area is 93.2 Å². The first-order valence-corrected chi connectivity index (χ1v) is 5.74. The van der Waals surface area contributed by atoms with Crippen LogP contribution < -0.4 is 10.6 Å². The molecule has 1 aliphatic heterocycles. The minimum Gasteiger partial charge on any atom is -0.374 e. The van der Waals surface area contributed by atoms with E-state index in [9.17, 15) is 0 Å². The molecule has 0 aromatic heterocycles. The molecule has 14 heavy (non-hydrogen) atoms. The average Bonchev–Trinajstić information content (AvgIpc) is 2.28. The van der Waals surface area contributed by atoms with Crippen LogP contribution in [0.3, 0.4) is 0 Å². The largest absolute Gasteiger partial charge is 0.374 e. The van der Waals surface area contributed by atoms with Crippen molar-refractivity contribution < 1.29 is 0 Å². The molecule has 0 amide bonds. The minimum absolute atomic E-state index is 0.187. The highest BCUT2D eigenvalue weighted by atomic mass is 79.9. The van der Waals surface area contributed by atoms with E-state index in [1.54, 1.807) is 0 Å². The highest BCUT2D eigenvalue weighted by Crippen LogP contribution is 2.32. The number of nitrogens with zero attached hydrogens (tertiary/aromatic N) is 1. The zero-order valence-electron chi connectivity index (χ0n) is 8.33. The molecule has 1 aromatic rings. The number of nitrogens with two attached hydrogens (primary N) is 1. The van der Waals surface area contributed by atoms with Crippen molar-refractivity contribution >= 4 is 21.6 Å². The van der Waals surface area contributed by atoms with Gasteiger partial charge in [0.25, 0.3) is 0 Å². The van der Waals surface area contributed by atoms with E-state index in [2.05, 4.69) is 46.1 Å². The van der Waals surface area contributed by atoms with Gasteiger partial charge >= 0.3 is 0 Å². The molecule has 1 atom stereocenters. The molecule has 0 saturated carbocycles. The van der Waals surface area contributed by atoms with Crippen LogP contribution in [0.1, 0.15) is 24.4 Å². The second kappa shape index (κ2) is 3.91. The summed E-state index contributed by atoms with van der Waals surface area (Å²) >= 11 is 3.49. The molecule has 0 aliphatic carbocycles. The Morgan fingerprint density at radius 3 is 3.07 bits per heavy atom. The number of hydrogen-bond acceptors (Lipinski definition) is 2. The Bertz CT molecular complexity index is 338. The van der Waals surface area contributed by atoms with Crippen LogP contribution in [-0.4, -0.2) is 13.6 Å². The standard InChI is InChI=1S/C11H15BrN2/c1-14-6-2-3-10(13)9-7-8(12)4-5-11(9)14/h4-5,7,10H,2-3,6,13H2,1H3. The summed E-state index contributed by atoms with van der Waals surface area (Å²) in [6, 6.07) is 6.55. The molecular weight excluding hydrogens is 240 g/mol. The molecule has 2 nitrogen and oxygen atoms in total. The lowest BCUT2D eigenvalue weighted by molar-refractivity contribution is 0.633. The normalized spacial score (nSPS) is 21.6. The van der Waals surface area contributed by atoms with Gasteiger partial charge in [0.1, 0.15) is 0 Å². The lowest BCUT2D eigenvalue weighted by Gasteiger charge is -2.20. The van der Waals surface area contributed by atoms with Crippen molar-refractivity contribution in [2.75, 3.05) is 18.5 Å². The fourth-order valence-electron chi connectivity index (χ4n) is 1.99. The molecule has 0 fully saturated rings. The fraction of sp³-hybridized carbons (Fsp3) is 0.455. The third-order valence-electron chi connectivity index (χ3n) is 2.81. The van der Waals surface area contributed by atoms with Crippen LogP contribution in [0.5, 0.6) is 0 Å². The predicted molar refractivity (Wildman–Crippen MR) is 63.6 cm³/mol. The molecule has 1 heterocycles. The minimum atomic E-state index is 0.187. The Balaban J connectivity index is 2.48. The third kappa shape index (κ3) is 1.79. The number of rotatable bonds is 0. The van der Waals surface area contributed by atoms with Gasteiger partial charge in [0, 0.05) is 29.8 Å². The zero-order chi connectivity index (χ0) is 10.1. The van der Waals surface area contributed by atoms with Crippen LogP contribution in [0.4, 0.5) is 5.69 Å². The van der Waals surface area contributed by atoms with Gasteiger partial charge in [-0.15, -0.1) is 0 Å². The highest BCUT2D eigenvalue weighted by molar-refractivity contribution is 9.10. The first-order valence-electron chi connectivity index (χ1n) is 4.94. The van der Waals surface area contributed by atoms with Crippen LogP contribution in [-0.2, 0) is 0 Å². The summed E-state index contributed by atoms with van der Waals surface area (Å²) in [4.78, 5) is 2.29. The molecule has 1 aliphatic rings. The number of halogens is 1. The van der Waals surface area contributed by atoms with E-state index < -0.39 is 0 Å². The lowest BCUT2D eigenvalue weighted by atomic mass is 10.0. The predicted octanol–water partition coefficient (Wildman–Crippen LogP) is 2.68. The van der Waals surface area contributed by atoms with Gasteiger partial charge in [-0.05, 0) is 36.6 Å². The Morgan fingerprint density at radius 2 is 2.29 bits per heavy atom. The summed E-state index contributed by atoms with van der Waals surface area (Å²) < 4.78 is 1.11. The van der Waals surface area contributed by atoms with Crippen molar-refractivity contribution in [2.24, 2.45) is 5.73 Å². The van der Waals surface area contributed by atoms with Crippen LogP contribution in [0, 0.1) is 0 Å². The Hall–Kier alpha value is -0.540. The van der Waals surface area contributed by atoms with Crippen molar-refractivity contribution in [1.82, 2.24) is 0 Å². The molecule has 0 saturated heterocycles. The Morgan fingerprint density at radius 1 is 1.50 bits per heavy atom. The first kappa shape index (κ1) is 9.99. The molecule has 1 unspecified atom stereocenters. The summed E-state index contributed by atoms with van der Waals surface area (Å²) in [5.74, 6) is 0. The fourth-order valence-corrected chi connectivity index (χ4v) is 2.37. The van der Waals surface area contributed by atoms with Gasteiger partial charge in [-0.2, -0.15) is 0 Å². The maximum Gasteiger partial charge on any atom is 0.0412 e. The molecule has 0 bridgehead atoms. The van der Waals surface area contributed by atoms with Crippen molar-refractivity contribution in [3.8, 4) is 0 Å². The lowest BCUT2D eigenvalue weighted by Crippen LogP contribution is -2.17. The van der Waals surface area contributed by atoms with Crippen LogP contribution >= 0.6 is 15.9 Å². The number of hydrogen-bond donors (Lipinski definition) is 1. The Kier molecular flexibility index (Phi) is 2.79. The molecule has 0 radical (unpaired) electrons. The van der Waals surface area contributed by atoms with E-state index in [1.807, 2.05) is 0 Å². The van der Waals surface area contributed by atoms with E-state index in [-0.39, 0.29) is 6.04 Å². The van der Waals surface area contributed by atoms with Gasteiger partial charge in [-0.3, -0.25) is 0 Å². The van der Waals surface area contributed by atoms with Crippen LogP contribution in [0.2, 0.25) is 0 Å². The molecule has 2 rings (SSSR count). The maximum absolute atomic E-state index is 6.13. The molecule has 76 valence electrons. The molecule has 0 spiro atoms. The monoisotopic (exact) mass is 254 g/mol. The summed E-state index contributed by atoms with van der Waals surface area (Å²) in [7, 11) is 2.13. The molecule has 1 aromatic carbocycles. The maximum atomic E-state index is 6.13. The summed E-state index contributed by atoms with van der Waals surface area (Å²) in [6.45, 7) is 1.10. The summed E-state index contributed by atoms with van der Waals surface area (Å²) in [5.41, 5.74) is 8.67. The van der Waals surface area contributed by atoms with E-state index >= 15 is 0 Å². The quantitative estimate of drug-likeness (QED) is 0.772. The van der Waals surface area contributed by atoms with Crippen molar-refractivity contribution in [3.63, 3.8) is 0 Å². The average molecular weight is 255 g/mol. The van der Waals surface area contributed by atoms with Gasteiger partial charge in [-0.25, -0.2) is 0 Å². The van der Waals surface area contributed by atoms with E-state index in [0.717, 1.165) is 17.4 Å². The smallest absolute Gasteiger partial charge is 0.0412 e. The second-order valence-electron chi connectivity index (χ2n) is 3.87. The van der Waals surface area contributed by atoms with Gasteiger partial charge in [0.15, 0.2) is 0 Å². The van der Waals surface area contributed by atoms with E-state index in [1.165, 1.54) is 17.7 Å². The van der Waals surface area contributed by atoms with Crippen molar-refractivity contribution in [2.45, 2.75) is 18.9 Å². The first-order chi connectivity index (χ1) is 6.68. The SMILES string of the molecule is CN1CCCC(N)c2cc(Br)ccc21. The molecule has 2 N–H and O–H groups in total. The van der Waals surface area contributed by atoms with Gasteiger partial charge in [0.05, 0.1) is 0 Å². The number of anilines is 1. The molecular formula is C11H15BrN2. The number of fused-ring (bicyclic) bond motifs is 1. The van der Waals surface area contributed by atoms with Gasteiger partial charge in [0.2, 0.25) is 0 Å². The van der Waals surface area contributed by atoms with Crippen LogP contribution in [0.15, 0.2) is 22.7 Å². The van der Waals surface area contributed by atoms with E-state index in [0.29, 0.717) is 0 Å². The van der Waals surface area contributed by atoms with Crippen LogP contribution in [0.25, 0.3) is 0 Å². The second-order valence-corrected chi connectivity index (χ2v) is 4.79. The van der Waals surface area contributed by atoms with Crippen molar-refractivity contribution in [3.05, 3.63) is 28.2 Å².